The van der Waals surface area contributed by atoms with E-state index in [2.05, 4.69) is 5.16 Å². The van der Waals surface area contributed by atoms with Gasteiger partial charge < -0.3 is 19.3 Å². The fourth-order valence-corrected chi connectivity index (χ4v) is 3.47. The van der Waals surface area contributed by atoms with Crippen molar-refractivity contribution in [3.63, 3.8) is 0 Å². The molecule has 1 aromatic carbocycles. The van der Waals surface area contributed by atoms with Gasteiger partial charge in [0.2, 0.25) is 0 Å². The summed E-state index contributed by atoms with van der Waals surface area (Å²) in [6, 6.07) is 6.17. The standard InChI is InChI=1S/C19H24FN3O4/c1-22(12-15-6-9-27-21-15)13-19(25)7-3-8-23(18(19)24)11-14-10-16(26-2)4-5-17(14)20/h4-6,9-10,25H,3,7-8,11-13H2,1-2H3/t19-/m1/s1. The maximum Gasteiger partial charge on any atom is 0.256 e. The number of piperidine rings is 1. The number of aliphatic hydroxyl groups is 1. The number of hydrogen-bond acceptors (Lipinski definition) is 6. The highest BCUT2D eigenvalue weighted by Gasteiger charge is 2.43. The molecule has 1 aliphatic rings. The minimum atomic E-state index is -1.51. The number of carbonyl (C=O) groups excluding carboxylic acids is 1. The van der Waals surface area contributed by atoms with Gasteiger partial charge in [-0.2, -0.15) is 0 Å². The van der Waals surface area contributed by atoms with Gasteiger partial charge in [-0.25, -0.2) is 4.39 Å². The van der Waals surface area contributed by atoms with Gasteiger partial charge in [0.25, 0.3) is 5.91 Å². The molecule has 1 N–H and O–H groups in total. The van der Waals surface area contributed by atoms with Crippen LogP contribution in [0, 0.1) is 5.82 Å². The highest BCUT2D eigenvalue weighted by molar-refractivity contribution is 5.86. The van der Waals surface area contributed by atoms with E-state index in [0.29, 0.717) is 37.2 Å². The lowest BCUT2D eigenvalue weighted by Crippen LogP contribution is -2.57. The maximum atomic E-state index is 14.1. The van der Waals surface area contributed by atoms with Crippen LogP contribution in [-0.2, 0) is 17.9 Å². The second-order valence-electron chi connectivity index (χ2n) is 6.98. The number of carbonyl (C=O) groups is 1. The van der Waals surface area contributed by atoms with Gasteiger partial charge in [-0.3, -0.25) is 9.69 Å². The summed E-state index contributed by atoms with van der Waals surface area (Å²) in [7, 11) is 3.31. The summed E-state index contributed by atoms with van der Waals surface area (Å²) in [5.41, 5.74) is -0.422. The van der Waals surface area contributed by atoms with E-state index in [4.69, 9.17) is 9.26 Å². The van der Waals surface area contributed by atoms with Gasteiger partial charge in [0.15, 0.2) is 5.60 Å². The van der Waals surface area contributed by atoms with Gasteiger partial charge in [0.1, 0.15) is 17.8 Å². The van der Waals surface area contributed by atoms with Crippen LogP contribution < -0.4 is 4.74 Å². The molecule has 0 bridgehead atoms. The molecule has 7 nitrogen and oxygen atoms in total. The summed E-state index contributed by atoms with van der Waals surface area (Å²) in [5, 5.41) is 14.8. The molecule has 1 atom stereocenters. The molecule has 2 aromatic rings. The summed E-state index contributed by atoms with van der Waals surface area (Å²) < 4.78 is 24.1. The molecule has 0 radical (unpaired) electrons. The van der Waals surface area contributed by atoms with Crippen molar-refractivity contribution in [1.29, 1.82) is 0 Å². The molecule has 1 aromatic heterocycles. The quantitative estimate of drug-likeness (QED) is 0.793. The number of aromatic nitrogens is 1. The number of ether oxygens (including phenoxy) is 1. The Morgan fingerprint density at radius 3 is 2.96 bits per heavy atom. The third-order valence-corrected chi connectivity index (χ3v) is 4.77. The number of likely N-dealkylation sites (N-methyl/N-ethyl adjacent to an activating group) is 1. The summed E-state index contributed by atoms with van der Waals surface area (Å²) >= 11 is 0. The molecule has 8 heteroatoms. The second kappa shape index (κ2) is 8.06. The van der Waals surface area contributed by atoms with Crippen LogP contribution in [0.4, 0.5) is 4.39 Å². The van der Waals surface area contributed by atoms with Crippen molar-refractivity contribution in [3.8, 4) is 5.75 Å². The van der Waals surface area contributed by atoms with Crippen molar-refractivity contribution in [2.75, 3.05) is 27.2 Å². The SMILES string of the molecule is COc1ccc(F)c(CN2CCC[C@@](O)(CN(C)Cc3ccon3)C2=O)c1. The van der Waals surface area contributed by atoms with Crippen LogP contribution in [0.5, 0.6) is 5.75 Å². The number of rotatable bonds is 7. The van der Waals surface area contributed by atoms with Crippen molar-refractivity contribution in [2.24, 2.45) is 0 Å². The fourth-order valence-electron chi connectivity index (χ4n) is 3.47. The average Bonchev–Trinajstić information content (AvgIpc) is 3.13. The van der Waals surface area contributed by atoms with Gasteiger partial charge in [-0.15, -0.1) is 0 Å². The van der Waals surface area contributed by atoms with Crippen molar-refractivity contribution in [3.05, 3.63) is 47.6 Å². The molecule has 1 saturated heterocycles. The zero-order chi connectivity index (χ0) is 19.4. The van der Waals surface area contributed by atoms with E-state index in [9.17, 15) is 14.3 Å². The number of likely N-dealkylation sites (tertiary alicyclic amines) is 1. The Hall–Kier alpha value is -2.45. The first-order valence-corrected chi connectivity index (χ1v) is 8.83. The zero-order valence-corrected chi connectivity index (χ0v) is 15.5. The van der Waals surface area contributed by atoms with E-state index in [1.54, 1.807) is 19.2 Å². The first-order chi connectivity index (χ1) is 12.9. The highest BCUT2D eigenvalue weighted by atomic mass is 19.1. The number of amides is 1. The van der Waals surface area contributed by atoms with E-state index in [-0.39, 0.29) is 19.0 Å². The molecular formula is C19H24FN3O4. The third kappa shape index (κ3) is 4.45. The topological polar surface area (TPSA) is 79.0 Å². The lowest BCUT2D eigenvalue weighted by atomic mass is 9.90. The first-order valence-electron chi connectivity index (χ1n) is 8.83. The molecule has 27 heavy (non-hydrogen) atoms. The summed E-state index contributed by atoms with van der Waals surface area (Å²) in [6.45, 7) is 1.19. The molecule has 1 amide bonds. The van der Waals surface area contributed by atoms with Crippen molar-refractivity contribution >= 4 is 5.91 Å². The van der Waals surface area contributed by atoms with Gasteiger partial charge in [0, 0.05) is 37.8 Å². The Bertz CT molecular complexity index is 783. The van der Waals surface area contributed by atoms with Crippen LogP contribution in [0.15, 0.2) is 35.1 Å². The Morgan fingerprint density at radius 1 is 1.44 bits per heavy atom. The molecular weight excluding hydrogens is 353 g/mol. The monoisotopic (exact) mass is 377 g/mol. The van der Waals surface area contributed by atoms with Crippen LogP contribution in [0.1, 0.15) is 24.1 Å². The Balaban J connectivity index is 1.69. The van der Waals surface area contributed by atoms with Crippen molar-refractivity contribution < 1.29 is 23.6 Å². The number of nitrogens with zero attached hydrogens (tertiary/aromatic N) is 3. The molecule has 2 heterocycles. The molecule has 146 valence electrons. The predicted molar refractivity (Wildman–Crippen MR) is 95.4 cm³/mol. The first kappa shape index (κ1) is 19.3. The van der Waals surface area contributed by atoms with Crippen LogP contribution in [-0.4, -0.2) is 58.8 Å². The van der Waals surface area contributed by atoms with Gasteiger partial charge in [0.05, 0.1) is 12.8 Å². The molecule has 1 aliphatic heterocycles. The largest absolute Gasteiger partial charge is 0.497 e. The van der Waals surface area contributed by atoms with Crippen molar-refractivity contribution in [1.82, 2.24) is 15.0 Å². The number of halogens is 1. The van der Waals surface area contributed by atoms with Crippen LogP contribution in [0.3, 0.4) is 0 Å². The summed E-state index contributed by atoms with van der Waals surface area (Å²) in [4.78, 5) is 16.2. The number of hydrogen-bond donors (Lipinski definition) is 1. The van der Waals surface area contributed by atoms with Gasteiger partial charge in [-0.05, 0) is 38.1 Å². The second-order valence-corrected chi connectivity index (χ2v) is 6.98. The summed E-state index contributed by atoms with van der Waals surface area (Å²) in [5.74, 6) is -0.262. The van der Waals surface area contributed by atoms with E-state index in [1.165, 1.54) is 30.4 Å². The lowest BCUT2D eigenvalue weighted by molar-refractivity contribution is -0.160. The van der Waals surface area contributed by atoms with Gasteiger partial charge >= 0.3 is 0 Å². The normalized spacial score (nSPS) is 20.3. The molecule has 0 unspecified atom stereocenters. The molecule has 1 fully saturated rings. The molecule has 0 saturated carbocycles. The van der Waals surface area contributed by atoms with Crippen LogP contribution in [0.25, 0.3) is 0 Å². The Morgan fingerprint density at radius 2 is 2.26 bits per heavy atom. The maximum absolute atomic E-state index is 14.1. The molecule has 0 aliphatic carbocycles. The lowest BCUT2D eigenvalue weighted by Gasteiger charge is -2.40. The van der Waals surface area contributed by atoms with Crippen LogP contribution in [0.2, 0.25) is 0 Å². The Labute approximate surface area is 157 Å². The predicted octanol–water partition coefficient (Wildman–Crippen LogP) is 1.81. The fraction of sp³-hybridized carbons (Fsp3) is 0.474. The minimum Gasteiger partial charge on any atom is -0.497 e. The van der Waals surface area contributed by atoms with E-state index in [1.807, 2.05) is 4.90 Å². The van der Waals surface area contributed by atoms with Crippen LogP contribution >= 0.6 is 0 Å². The van der Waals surface area contributed by atoms with Crippen molar-refractivity contribution in [2.45, 2.75) is 31.5 Å². The minimum absolute atomic E-state index is 0.0944. The smallest absolute Gasteiger partial charge is 0.256 e. The van der Waals surface area contributed by atoms with E-state index >= 15 is 0 Å². The number of methoxy groups -OCH3 is 1. The molecule has 3 rings (SSSR count). The Kier molecular flexibility index (Phi) is 5.76. The third-order valence-electron chi connectivity index (χ3n) is 4.77. The highest BCUT2D eigenvalue weighted by Crippen LogP contribution is 2.27. The summed E-state index contributed by atoms with van der Waals surface area (Å²) in [6.07, 6.45) is 2.49. The zero-order valence-electron chi connectivity index (χ0n) is 15.5. The van der Waals surface area contributed by atoms with E-state index < -0.39 is 11.4 Å². The average molecular weight is 377 g/mol. The van der Waals surface area contributed by atoms with Gasteiger partial charge in [-0.1, -0.05) is 5.16 Å². The molecule has 0 spiro atoms. The number of benzene rings is 1. The van der Waals surface area contributed by atoms with E-state index in [0.717, 1.165) is 5.69 Å².